The molecular formula is C15H15FOS. The number of hydrogen-bond acceptors (Lipinski definition) is 2. The van der Waals surface area contributed by atoms with Crippen LogP contribution in [-0.2, 0) is 0 Å². The van der Waals surface area contributed by atoms with Crippen LogP contribution in [-0.4, -0.2) is 11.4 Å². The molecule has 0 aliphatic heterocycles. The third-order valence-corrected chi connectivity index (χ3v) is 3.71. The first-order valence-corrected chi connectivity index (χ1v) is 6.92. The zero-order valence-electron chi connectivity index (χ0n) is 10.4. The van der Waals surface area contributed by atoms with Gasteiger partial charge in [0.1, 0.15) is 11.9 Å². The van der Waals surface area contributed by atoms with Crippen molar-refractivity contribution in [1.29, 1.82) is 0 Å². The Kier molecular flexibility index (Phi) is 4.04. The molecule has 2 aromatic carbocycles. The van der Waals surface area contributed by atoms with Crippen LogP contribution in [0.2, 0.25) is 0 Å². The lowest BCUT2D eigenvalue weighted by molar-refractivity contribution is 0.219. The molecular weight excluding hydrogens is 247 g/mol. The van der Waals surface area contributed by atoms with Gasteiger partial charge in [-0.3, -0.25) is 0 Å². The van der Waals surface area contributed by atoms with Crippen LogP contribution in [0.3, 0.4) is 0 Å². The van der Waals surface area contributed by atoms with Gasteiger partial charge in [-0.1, -0.05) is 18.2 Å². The summed E-state index contributed by atoms with van der Waals surface area (Å²) in [6.45, 7) is 1.87. The summed E-state index contributed by atoms with van der Waals surface area (Å²) in [7, 11) is 0. The maximum Gasteiger partial charge on any atom is 0.123 e. The van der Waals surface area contributed by atoms with Gasteiger partial charge in [-0.05, 0) is 54.1 Å². The maximum atomic E-state index is 13.2. The third kappa shape index (κ3) is 2.74. The van der Waals surface area contributed by atoms with Gasteiger partial charge < -0.3 is 5.11 Å². The largest absolute Gasteiger partial charge is 0.384 e. The molecule has 1 N–H and O–H groups in total. The van der Waals surface area contributed by atoms with Crippen LogP contribution in [0.15, 0.2) is 47.4 Å². The van der Waals surface area contributed by atoms with E-state index in [0.717, 1.165) is 16.0 Å². The molecule has 0 bridgehead atoms. The van der Waals surface area contributed by atoms with Crippen molar-refractivity contribution in [2.24, 2.45) is 0 Å². The number of hydrogen-bond donors (Lipinski definition) is 1. The van der Waals surface area contributed by atoms with E-state index in [1.165, 1.54) is 12.1 Å². The lowest BCUT2D eigenvalue weighted by Crippen LogP contribution is -2.02. The summed E-state index contributed by atoms with van der Waals surface area (Å²) in [6.07, 6.45) is 1.22. The second kappa shape index (κ2) is 5.55. The second-order valence-corrected chi connectivity index (χ2v) is 5.06. The highest BCUT2D eigenvalue weighted by molar-refractivity contribution is 7.98. The summed E-state index contributed by atoms with van der Waals surface area (Å²) < 4.78 is 13.2. The van der Waals surface area contributed by atoms with E-state index < -0.39 is 6.10 Å². The Labute approximate surface area is 111 Å². The van der Waals surface area contributed by atoms with E-state index in [-0.39, 0.29) is 5.82 Å². The van der Waals surface area contributed by atoms with Gasteiger partial charge in [0.25, 0.3) is 0 Å². The summed E-state index contributed by atoms with van der Waals surface area (Å²) in [5.74, 6) is -0.324. The Bertz CT molecular complexity index is 537. The Hall–Kier alpha value is -1.32. The second-order valence-electron chi connectivity index (χ2n) is 4.18. The molecule has 0 radical (unpaired) electrons. The minimum atomic E-state index is -0.781. The first kappa shape index (κ1) is 13.1. The van der Waals surface area contributed by atoms with Gasteiger partial charge in [0, 0.05) is 4.90 Å². The number of halogens is 1. The minimum Gasteiger partial charge on any atom is -0.384 e. The summed E-state index contributed by atoms with van der Waals surface area (Å²) in [4.78, 5) is 1.14. The van der Waals surface area contributed by atoms with E-state index in [9.17, 15) is 9.50 Å². The van der Waals surface area contributed by atoms with Crippen molar-refractivity contribution in [1.82, 2.24) is 0 Å². The average Bonchev–Trinajstić information content (AvgIpc) is 2.41. The van der Waals surface area contributed by atoms with Crippen molar-refractivity contribution in [2.45, 2.75) is 17.9 Å². The predicted molar refractivity (Wildman–Crippen MR) is 73.4 cm³/mol. The quantitative estimate of drug-likeness (QED) is 0.845. The van der Waals surface area contributed by atoms with E-state index in [1.54, 1.807) is 17.8 Å². The highest BCUT2D eigenvalue weighted by atomic mass is 32.2. The lowest BCUT2D eigenvalue weighted by Gasteiger charge is -2.14. The van der Waals surface area contributed by atoms with Crippen LogP contribution in [0.25, 0.3) is 0 Å². The maximum absolute atomic E-state index is 13.2. The summed E-state index contributed by atoms with van der Waals surface area (Å²) >= 11 is 1.65. The standard InChI is InChI=1S/C15H15FOS/c1-10-3-6-12(16)9-14(10)15(17)11-4-7-13(18-2)8-5-11/h3-9,15,17H,1-2H3. The molecule has 2 aromatic rings. The fourth-order valence-electron chi connectivity index (χ4n) is 1.87. The number of aliphatic hydroxyl groups excluding tert-OH is 1. The van der Waals surface area contributed by atoms with E-state index in [1.807, 2.05) is 37.4 Å². The molecule has 0 fully saturated rings. The highest BCUT2D eigenvalue weighted by Gasteiger charge is 2.13. The number of aliphatic hydroxyl groups is 1. The SMILES string of the molecule is CSc1ccc(C(O)c2cc(F)ccc2C)cc1. The third-order valence-electron chi connectivity index (χ3n) is 2.97. The highest BCUT2D eigenvalue weighted by Crippen LogP contribution is 2.27. The van der Waals surface area contributed by atoms with E-state index in [4.69, 9.17) is 0 Å². The van der Waals surface area contributed by atoms with Gasteiger partial charge >= 0.3 is 0 Å². The Morgan fingerprint density at radius 1 is 1.11 bits per heavy atom. The van der Waals surface area contributed by atoms with Gasteiger partial charge in [0.15, 0.2) is 0 Å². The zero-order valence-corrected chi connectivity index (χ0v) is 11.2. The van der Waals surface area contributed by atoms with Crippen molar-refractivity contribution in [3.63, 3.8) is 0 Å². The van der Waals surface area contributed by atoms with Gasteiger partial charge in [0.2, 0.25) is 0 Å². The molecule has 0 spiro atoms. The number of aryl methyl sites for hydroxylation is 1. The molecule has 0 heterocycles. The van der Waals surface area contributed by atoms with Crippen LogP contribution in [0.4, 0.5) is 4.39 Å². The molecule has 1 nitrogen and oxygen atoms in total. The molecule has 0 saturated heterocycles. The van der Waals surface area contributed by atoms with Crippen molar-refractivity contribution >= 4 is 11.8 Å². The summed E-state index contributed by atoms with van der Waals surface area (Å²) in [6, 6.07) is 12.1. The Morgan fingerprint density at radius 3 is 2.39 bits per heavy atom. The molecule has 3 heteroatoms. The average molecular weight is 262 g/mol. The Morgan fingerprint density at radius 2 is 1.78 bits per heavy atom. The molecule has 2 rings (SSSR count). The van der Waals surface area contributed by atoms with E-state index in [0.29, 0.717) is 5.56 Å². The molecule has 1 unspecified atom stereocenters. The van der Waals surface area contributed by atoms with Gasteiger partial charge in [-0.15, -0.1) is 11.8 Å². The number of rotatable bonds is 3. The lowest BCUT2D eigenvalue weighted by atomic mass is 9.97. The number of thioether (sulfide) groups is 1. The van der Waals surface area contributed by atoms with Crippen LogP contribution < -0.4 is 0 Å². The van der Waals surface area contributed by atoms with Gasteiger partial charge in [-0.2, -0.15) is 0 Å². The zero-order chi connectivity index (χ0) is 13.1. The summed E-state index contributed by atoms with van der Waals surface area (Å²) in [5, 5.41) is 10.3. The van der Waals surface area contributed by atoms with E-state index in [2.05, 4.69) is 0 Å². The monoisotopic (exact) mass is 262 g/mol. The smallest absolute Gasteiger partial charge is 0.123 e. The van der Waals surface area contributed by atoms with Crippen LogP contribution >= 0.6 is 11.8 Å². The van der Waals surface area contributed by atoms with Gasteiger partial charge in [0.05, 0.1) is 0 Å². The van der Waals surface area contributed by atoms with Crippen LogP contribution in [0.1, 0.15) is 22.8 Å². The van der Waals surface area contributed by atoms with Gasteiger partial charge in [-0.25, -0.2) is 4.39 Å². The van der Waals surface area contributed by atoms with Crippen LogP contribution in [0.5, 0.6) is 0 Å². The molecule has 0 saturated carbocycles. The fraction of sp³-hybridized carbons (Fsp3) is 0.200. The molecule has 18 heavy (non-hydrogen) atoms. The molecule has 0 aliphatic rings. The minimum absolute atomic E-state index is 0.324. The van der Waals surface area contributed by atoms with Crippen molar-refractivity contribution < 1.29 is 9.50 Å². The molecule has 0 aliphatic carbocycles. The fourth-order valence-corrected chi connectivity index (χ4v) is 2.28. The molecule has 0 amide bonds. The topological polar surface area (TPSA) is 20.2 Å². The summed E-state index contributed by atoms with van der Waals surface area (Å²) in [5.41, 5.74) is 2.28. The van der Waals surface area contributed by atoms with Crippen molar-refractivity contribution in [3.05, 3.63) is 65.0 Å². The van der Waals surface area contributed by atoms with Crippen molar-refractivity contribution in [2.75, 3.05) is 6.26 Å². The molecule has 0 aromatic heterocycles. The first-order valence-electron chi connectivity index (χ1n) is 5.70. The number of benzene rings is 2. The van der Waals surface area contributed by atoms with E-state index >= 15 is 0 Å². The van der Waals surface area contributed by atoms with Crippen LogP contribution in [0, 0.1) is 12.7 Å². The Balaban J connectivity index is 2.34. The normalized spacial score (nSPS) is 12.4. The van der Waals surface area contributed by atoms with Crippen molar-refractivity contribution in [3.8, 4) is 0 Å². The molecule has 1 atom stereocenters. The first-order chi connectivity index (χ1) is 8.61. The molecule has 94 valence electrons. The predicted octanol–water partition coefficient (Wildman–Crippen LogP) is 3.94.